The second kappa shape index (κ2) is 4.73. The van der Waals surface area contributed by atoms with E-state index in [2.05, 4.69) is 23.2 Å². The van der Waals surface area contributed by atoms with Gasteiger partial charge in [0.1, 0.15) is 0 Å². The predicted molar refractivity (Wildman–Crippen MR) is 66.8 cm³/mol. The Kier molecular flexibility index (Phi) is 3.31. The van der Waals surface area contributed by atoms with Crippen LogP contribution in [-0.4, -0.2) is 16.5 Å². The van der Waals surface area contributed by atoms with Gasteiger partial charge >= 0.3 is 0 Å². The topological polar surface area (TPSA) is 58.9 Å². The molecule has 4 heteroatoms. The summed E-state index contributed by atoms with van der Waals surface area (Å²) in [6.45, 7) is 4.07. The molecule has 1 heterocycles. The van der Waals surface area contributed by atoms with Gasteiger partial charge in [-0.15, -0.1) is 0 Å². The minimum atomic E-state index is -0.219. The molecule has 0 spiro atoms. The SMILES string of the molecule is CC(C)C(C[N+](=O)[O-])c1cc2c([nH]1)CC=CC2. The van der Waals surface area contributed by atoms with Crippen molar-refractivity contribution in [2.45, 2.75) is 32.6 Å². The summed E-state index contributed by atoms with van der Waals surface area (Å²) in [5, 5.41) is 10.7. The number of hydrogen-bond donors (Lipinski definition) is 1. The van der Waals surface area contributed by atoms with Gasteiger partial charge in [0, 0.05) is 22.7 Å². The number of nitrogens with zero attached hydrogens (tertiary/aromatic N) is 1. The average molecular weight is 234 g/mol. The number of aromatic amines is 1. The lowest BCUT2D eigenvalue weighted by Crippen LogP contribution is -2.18. The van der Waals surface area contributed by atoms with Crippen LogP contribution in [0.1, 0.15) is 36.7 Å². The van der Waals surface area contributed by atoms with Crippen molar-refractivity contribution in [1.82, 2.24) is 4.98 Å². The number of fused-ring (bicyclic) bond motifs is 1. The van der Waals surface area contributed by atoms with Gasteiger partial charge in [0.2, 0.25) is 6.54 Å². The molecule has 0 bridgehead atoms. The maximum absolute atomic E-state index is 10.7. The molecular weight excluding hydrogens is 216 g/mol. The maximum Gasteiger partial charge on any atom is 0.212 e. The first-order valence-corrected chi connectivity index (χ1v) is 6.05. The Bertz CT molecular complexity index is 421. The summed E-state index contributed by atoms with van der Waals surface area (Å²) in [4.78, 5) is 13.9. The molecule has 0 aliphatic heterocycles. The molecule has 1 atom stereocenters. The van der Waals surface area contributed by atoms with E-state index in [1.807, 2.05) is 13.8 Å². The Hall–Kier alpha value is -1.58. The molecule has 1 unspecified atom stereocenters. The number of rotatable bonds is 4. The summed E-state index contributed by atoms with van der Waals surface area (Å²) in [6, 6.07) is 2.10. The van der Waals surface area contributed by atoms with E-state index >= 15 is 0 Å². The molecule has 92 valence electrons. The predicted octanol–water partition coefficient (Wildman–Crippen LogP) is 2.69. The van der Waals surface area contributed by atoms with Crippen LogP contribution in [0.2, 0.25) is 0 Å². The zero-order chi connectivity index (χ0) is 12.4. The normalized spacial score (nSPS) is 15.9. The Labute approximate surface area is 101 Å². The van der Waals surface area contributed by atoms with Gasteiger partial charge in [0.05, 0.1) is 5.92 Å². The van der Waals surface area contributed by atoms with E-state index in [1.165, 1.54) is 11.3 Å². The summed E-state index contributed by atoms with van der Waals surface area (Å²) in [6.07, 6.45) is 6.14. The number of allylic oxidation sites excluding steroid dienone is 2. The molecule has 2 rings (SSSR count). The van der Waals surface area contributed by atoms with Crippen molar-refractivity contribution < 1.29 is 4.92 Å². The summed E-state index contributed by atoms with van der Waals surface area (Å²) >= 11 is 0. The highest BCUT2D eigenvalue weighted by Crippen LogP contribution is 2.27. The zero-order valence-electron chi connectivity index (χ0n) is 10.3. The van der Waals surface area contributed by atoms with E-state index in [1.54, 1.807) is 0 Å². The third kappa shape index (κ3) is 2.57. The molecule has 1 aromatic rings. The first-order chi connectivity index (χ1) is 8.08. The highest BCUT2D eigenvalue weighted by atomic mass is 16.6. The van der Waals surface area contributed by atoms with Crippen molar-refractivity contribution in [3.63, 3.8) is 0 Å². The molecule has 0 amide bonds. The molecule has 1 aromatic heterocycles. The van der Waals surface area contributed by atoms with Gasteiger partial charge in [-0.25, -0.2) is 0 Å². The molecule has 1 aliphatic rings. The zero-order valence-corrected chi connectivity index (χ0v) is 10.3. The van der Waals surface area contributed by atoms with E-state index in [-0.39, 0.29) is 23.3 Å². The van der Waals surface area contributed by atoms with Crippen LogP contribution in [-0.2, 0) is 12.8 Å². The molecule has 0 fully saturated rings. The fourth-order valence-electron chi connectivity index (χ4n) is 2.37. The summed E-state index contributed by atoms with van der Waals surface area (Å²) in [5.41, 5.74) is 3.53. The van der Waals surface area contributed by atoms with Gasteiger partial charge in [-0.05, 0) is 24.0 Å². The van der Waals surface area contributed by atoms with E-state index in [0.29, 0.717) is 0 Å². The quantitative estimate of drug-likeness (QED) is 0.494. The first-order valence-electron chi connectivity index (χ1n) is 6.05. The number of nitrogens with one attached hydrogen (secondary N) is 1. The monoisotopic (exact) mass is 234 g/mol. The molecule has 1 aliphatic carbocycles. The van der Waals surface area contributed by atoms with Crippen molar-refractivity contribution in [2.24, 2.45) is 5.92 Å². The molecule has 0 radical (unpaired) electrons. The minimum absolute atomic E-state index is 0.00445. The summed E-state index contributed by atoms with van der Waals surface area (Å²) in [7, 11) is 0. The molecule has 17 heavy (non-hydrogen) atoms. The average Bonchev–Trinajstić information content (AvgIpc) is 2.68. The Morgan fingerprint density at radius 2 is 2.12 bits per heavy atom. The van der Waals surface area contributed by atoms with E-state index in [4.69, 9.17) is 0 Å². The molecular formula is C13H18N2O2. The minimum Gasteiger partial charge on any atom is -0.361 e. The molecule has 4 nitrogen and oxygen atoms in total. The highest BCUT2D eigenvalue weighted by molar-refractivity contribution is 5.34. The van der Waals surface area contributed by atoms with Crippen LogP contribution in [0.4, 0.5) is 0 Å². The van der Waals surface area contributed by atoms with Crippen molar-refractivity contribution in [3.8, 4) is 0 Å². The second-order valence-electron chi connectivity index (χ2n) is 4.97. The maximum atomic E-state index is 10.7. The number of nitro groups is 1. The summed E-state index contributed by atoms with van der Waals surface area (Å²) in [5.74, 6) is 0.254. The van der Waals surface area contributed by atoms with Crippen LogP contribution >= 0.6 is 0 Å². The van der Waals surface area contributed by atoms with Gasteiger partial charge in [0.15, 0.2) is 0 Å². The Morgan fingerprint density at radius 3 is 2.71 bits per heavy atom. The number of hydrogen-bond acceptors (Lipinski definition) is 2. The van der Waals surface area contributed by atoms with Crippen LogP contribution in [0.5, 0.6) is 0 Å². The largest absolute Gasteiger partial charge is 0.361 e. The molecule has 0 saturated heterocycles. The Morgan fingerprint density at radius 1 is 1.41 bits per heavy atom. The Balaban J connectivity index is 2.24. The van der Waals surface area contributed by atoms with Gasteiger partial charge in [0.25, 0.3) is 0 Å². The van der Waals surface area contributed by atoms with E-state index < -0.39 is 0 Å². The third-order valence-electron chi connectivity index (χ3n) is 3.39. The van der Waals surface area contributed by atoms with Gasteiger partial charge in [-0.2, -0.15) is 0 Å². The smallest absolute Gasteiger partial charge is 0.212 e. The van der Waals surface area contributed by atoms with Gasteiger partial charge in [-0.1, -0.05) is 26.0 Å². The number of H-pyrrole nitrogens is 1. The van der Waals surface area contributed by atoms with E-state index in [9.17, 15) is 10.1 Å². The number of aromatic nitrogens is 1. The lowest BCUT2D eigenvalue weighted by molar-refractivity contribution is -0.484. The third-order valence-corrected chi connectivity index (χ3v) is 3.39. The van der Waals surface area contributed by atoms with Crippen molar-refractivity contribution >= 4 is 0 Å². The van der Waals surface area contributed by atoms with Crippen LogP contribution < -0.4 is 0 Å². The summed E-state index contributed by atoms with van der Waals surface area (Å²) < 4.78 is 0. The molecule has 0 aromatic carbocycles. The lowest BCUT2D eigenvalue weighted by atomic mass is 9.92. The van der Waals surface area contributed by atoms with Gasteiger partial charge in [-0.3, -0.25) is 10.1 Å². The van der Waals surface area contributed by atoms with Crippen LogP contribution in [0.3, 0.4) is 0 Å². The van der Waals surface area contributed by atoms with Crippen LogP contribution in [0, 0.1) is 16.0 Å². The first kappa shape index (κ1) is 11.9. The van der Waals surface area contributed by atoms with E-state index in [0.717, 1.165) is 18.5 Å². The van der Waals surface area contributed by atoms with Crippen molar-refractivity contribution in [1.29, 1.82) is 0 Å². The second-order valence-corrected chi connectivity index (χ2v) is 4.97. The van der Waals surface area contributed by atoms with Crippen molar-refractivity contribution in [3.05, 3.63) is 45.3 Å². The van der Waals surface area contributed by atoms with Crippen molar-refractivity contribution in [2.75, 3.05) is 6.54 Å². The van der Waals surface area contributed by atoms with Crippen LogP contribution in [0.25, 0.3) is 0 Å². The standard InChI is InChI=1S/C13H18N2O2/c1-9(2)11(8-15(16)17)13-7-10-5-3-4-6-12(10)14-13/h3-4,7,9,11,14H,5-6,8H2,1-2H3. The lowest BCUT2D eigenvalue weighted by Gasteiger charge is -2.15. The molecule has 1 N–H and O–H groups in total. The fourth-order valence-corrected chi connectivity index (χ4v) is 2.37. The fraction of sp³-hybridized carbons (Fsp3) is 0.538. The van der Waals surface area contributed by atoms with Crippen LogP contribution in [0.15, 0.2) is 18.2 Å². The highest BCUT2D eigenvalue weighted by Gasteiger charge is 2.24. The van der Waals surface area contributed by atoms with Gasteiger partial charge < -0.3 is 4.98 Å². The molecule has 0 saturated carbocycles.